The van der Waals surface area contributed by atoms with Crippen molar-refractivity contribution in [2.45, 2.75) is 26.2 Å². The predicted octanol–water partition coefficient (Wildman–Crippen LogP) is 3.65. The Kier molecular flexibility index (Phi) is 8.71. The van der Waals surface area contributed by atoms with Gasteiger partial charge in [0.25, 0.3) is 0 Å². The van der Waals surface area contributed by atoms with Gasteiger partial charge >= 0.3 is 0 Å². The molecule has 0 bridgehead atoms. The first-order valence-electron chi connectivity index (χ1n) is 9.40. The van der Waals surface area contributed by atoms with Gasteiger partial charge in [-0.15, -0.1) is 24.0 Å². The number of guanidine groups is 1. The largest absolute Gasteiger partial charge is 0.381 e. The van der Waals surface area contributed by atoms with E-state index in [1.807, 2.05) is 7.05 Å². The molecule has 1 fully saturated rings. The molecule has 2 heterocycles. The van der Waals surface area contributed by atoms with Crippen molar-refractivity contribution in [3.05, 3.63) is 36.0 Å². The molecular formula is C20H31IN4O. The quantitative estimate of drug-likeness (QED) is 0.281. The number of rotatable bonds is 7. The maximum absolute atomic E-state index is 5.56. The first kappa shape index (κ1) is 21.0. The minimum absolute atomic E-state index is 0. The van der Waals surface area contributed by atoms with Crippen LogP contribution in [0.1, 0.15) is 25.3 Å². The van der Waals surface area contributed by atoms with Gasteiger partial charge in [-0.3, -0.25) is 4.99 Å². The van der Waals surface area contributed by atoms with Gasteiger partial charge < -0.3 is 19.9 Å². The summed E-state index contributed by atoms with van der Waals surface area (Å²) in [5.41, 5.74) is 2.61. The number of hydrogen-bond acceptors (Lipinski definition) is 2. The summed E-state index contributed by atoms with van der Waals surface area (Å²) in [5.74, 6) is 1.66. The average Bonchev–Trinajstić information content (AvgIpc) is 3.27. The van der Waals surface area contributed by atoms with Crippen LogP contribution in [-0.4, -0.2) is 55.7 Å². The molecule has 1 saturated heterocycles. The molecule has 0 spiro atoms. The third kappa shape index (κ3) is 5.36. The van der Waals surface area contributed by atoms with Gasteiger partial charge in [0, 0.05) is 56.3 Å². The second kappa shape index (κ2) is 10.8. The summed E-state index contributed by atoms with van der Waals surface area (Å²) >= 11 is 0. The molecule has 1 aliphatic rings. The van der Waals surface area contributed by atoms with Crippen LogP contribution in [0.3, 0.4) is 0 Å². The highest BCUT2D eigenvalue weighted by Crippen LogP contribution is 2.19. The van der Waals surface area contributed by atoms with Crippen molar-refractivity contribution in [1.29, 1.82) is 0 Å². The van der Waals surface area contributed by atoms with Gasteiger partial charge in [0.1, 0.15) is 0 Å². The normalized spacial score (nSPS) is 17.5. The molecule has 1 aromatic heterocycles. The van der Waals surface area contributed by atoms with Crippen molar-refractivity contribution in [2.24, 2.45) is 10.9 Å². The smallest absolute Gasteiger partial charge is 0.193 e. The number of halogens is 1. The molecule has 5 nitrogen and oxygen atoms in total. The lowest BCUT2D eigenvalue weighted by Gasteiger charge is -2.21. The molecule has 1 aromatic carbocycles. The fraction of sp³-hybridized carbons (Fsp3) is 0.550. The number of hydrogen-bond donors (Lipinski definition) is 2. The van der Waals surface area contributed by atoms with E-state index in [9.17, 15) is 0 Å². The first-order chi connectivity index (χ1) is 12.3. The second-order valence-corrected chi connectivity index (χ2v) is 6.70. The van der Waals surface area contributed by atoms with Crippen LogP contribution in [0.4, 0.5) is 0 Å². The second-order valence-electron chi connectivity index (χ2n) is 6.70. The van der Waals surface area contributed by atoms with Crippen LogP contribution in [0.15, 0.2) is 35.5 Å². The molecule has 1 aliphatic heterocycles. The minimum Gasteiger partial charge on any atom is -0.381 e. The highest BCUT2D eigenvalue weighted by molar-refractivity contribution is 14.0. The number of para-hydroxylation sites is 1. The van der Waals surface area contributed by atoms with E-state index in [-0.39, 0.29) is 24.0 Å². The Balaban J connectivity index is 0.00000243. The van der Waals surface area contributed by atoms with E-state index < -0.39 is 0 Å². The highest BCUT2D eigenvalue weighted by Gasteiger charge is 2.24. The monoisotopic (exact) mass is 470 g/mol. The van der Waals surface area contributed by atoms with Crippen molar-refractivity contribution < 1.29 is 4.74 Å². The van der Waals surface area contributed by atoms with E-state index in [0.29, 0.717) is 5.92 Å². The fourth-order valence-electron chi connectivity index (χ4n) is 3.60. The van der Waals surface area contributed by atoms with Crippen LogP contribution in [0, 0.1) is 5.92 Å². The summed E-state index contributed by atoms with van der Waals surface area (Å²) in [7, 11) is 1.87. The summed E-state index contributed by atoms with van der Waals surface area (Å²) in [6.07, 6.45) is 5.49. The predicted molar refractivity (Wildman–Crippen MR) is 120 cm³/mol. The van der Waals surface area contributed by atoms with Crippen molar-refractivity contribution >= 4 is 40.8 Å². The van der Waals surface area contributed by atoms with Crippen LogP contribution >= 0.6 is 24.0 Å². The van der Waals surface area contributed by atoms with Gasteiger partial charge in [-0.05, 0) is 37.8 Å². The number of aryl methyl sites for hydroxylation is 1. The van der Waals surface area contributed by atoms with E-state index in [1.54, 1.807) is 0 Å². The summed E-state index contributed by atoms with van der Waals surface area (Å²) in [6, 6.07) is 8.50. The number of ether oxygens (including phenoxy) is 1. The summed E-state index contributed by atoms with van der Waals surface area (Å²) < 4.78 is 5.56. The van der Waals surface area contributed by atoms with Gasteiger partial charge in [0.15, 0.2) is 5.96 Å². The van der Waals surface area contributed by atoms with Crippen LogP contribution in [-0.2, 0) is 11.2 Å². The number of H-pyrrole nitrogens is 1. The molecule has 0 saturated carbocycles. The Morgan fingerprint density at radius 1 is 1.38 bits per heavy atom. The molecule has 0 radical (unpaired) electrons. The van der Waals surface area contributed by atoms with E-state index in [2.05, 4.69) is 57.6 Å². The minimum atomic E-state index is 0. The number of aromatic nitrogens is 1. The molecule has 26 heavy (non-hydrogen) atoms. The summed E-state index contributed by atoms with van der Waals surface area (Å²) in [6.45, 7) is 6.78. The number of aliphatic imine (C=N–C) groups is 1. The van der Waals surface area contributed by atoms with Crippen LogP contribution < -0.4 is 5.32 Å². The maximum Gasteiger partial charge on any atom is 0.193 e. The lowest BCUT2D eigenvalue weighted by molar-refractivity contribution is 0.114. The molecule has 0 aliphatic carbocycles. The lowest BCUT2D eigenvalue weighted by atomic mass is 10.1. The molecule has 1 unspecified atom stereocenters. The number of aromatic amines is 1. The molecule has 3 rings (SSSR count). The van der Waals surface area contributed by atoms with E-state index >= 15 is 0 Å². The van der Waals surface area contributed by atoms with Crippen molar-refractivity contribution in [3.63, 3.8) is 0 Å². The third-order valence-corrected chi connectivity index (χ3v) is 4.94. The van der Waals surface area contributed by atoms with Crippen LogP contribution in [0.5, 0.6) is 0 Å². The van der Waals surface area contributed by atoms with Gasteiger partial charge in [-0.25, -0.2) is 0 Å². The van der Waals surface area contributed by atoms with Gasteiger partial charge in [-0.1, -0.05) is 18.2 Å². The topological polar surface area (TPSA) is 52.6 Å². The highest BCUT2D eigenvalue weighted by atomic mass is 127. The molecular weight excluding hydrogens is 439 g/mol. The number of nitrogens with one attached hydrogen (secondary N) is 2. The zero-order valence-electron chi connectivity index (χ0n) is 15.8. The number of nitrogens with zero attached hydrogens (tertiary/aromatic N) is 2. The number of benzene rings is 1. The standard InChI is InChI=1S/C20H30N4O.HI/c1-3-25-15-16-10-12-24(14-16)20(21-2)22-11-6-7-17-13-23-19-9-5-4-8-18(17)19;/h4-5,8-9,13,16,23H,3,6-7,10-12,14-15H2,1-2H3,(H,21,22);1H. The SMILES string of the molecule is CCOCC1CCN(C(=NC)NCCCc2c[nH]c3ccccc23)C1.I. The molecule has 144 valence electrons. The fourth-order valence-corrected chi connectivity index (χ4v) is 3.60. The Morgan fingerprint density at radius 2 is 2.23 bits per heavy atom. The van der Waals surface area contributed by atoms with E-state index in [0.717, 1.165) is 51.6 Å². The van der Waals surface area contributed by atoms with E-state index in [1.165, 1.54) is 22.9 Å². The summed E-state index contributed by atoms with van der Waals surface area (Å²) in [5, 5.41) is 4.86. The number of likely N-dealkylation sites (tertiary alicyclic amines) is 1. The zero-order valence-corrected chi connectivity index (χ0v) is 18.2. The molecule has 6 heteroatoms. The summed E-state index contributed by atoms with van der Waals surface area (Å²) in [4.78, 5) is 10.2. The Morgan fingerprint density at radius 3 is 3.04 bits per heavy atom. The van der Waals surface area contributed by atoms with Crippen molar-refractivity contribution in [2.75, 3.05) is 39.9 Å². The number of fused-ring (bicyclic) bond motifs is 1. The Bertz CT molecular complexity index is 700. The van der Waals surface area contributed by atoms with Gasteiger partial charge in [0.2, 0.25) is 0 Å². The first-order valence-corrected chi connectivity index (χ1v) is 9.40. The molecule has 2 N–H and O–H groups in total. The lowest BCUT2D eigenvalue weighted by Crippen LogP contribution is -2.40. The Labute approximate surface area is 173 Å². The van der Waals surface area contributed by atoms with Crippen LogP contribution in [0.25, 0.3) is 10.9 Å². The molecule has 0 amide bonds. The maximum atomic E-state index is 5.56. The Hall–Kier alpha value is -1.28. The molecule has 1 atom stereocenters. The van der Waals surface area contributed by atoms with E-state index in [4.69, 9.17) is 4.74 Å². The van der Waals surface area contributed by atoms with Gasteiger partial charge in [-0.2, -0.15) is 0 Å². The zero-order chi connectivity index (χ0) is 17.5. The van der Waals surface area contributed by atoms with Crippen LogP contribution in [0.2, 0.25) is 0 Å². The van der Waals surface area contributed by atoms with Crippen molar-refractivity contribution in [1.82, 2.24) is 15.2 Å². The molecule has 2 aromatic rings. The third-order valence-electron chi connectivity index (χ3n) is 4.94. The average molecular weight is 470 g/mol. The van der Waals surface area contributed by atoms with Crippen molar-refractivity contribution in [3.8, 4) is 0 Å². The van der Waals surface area contributed by atoms with Gasteiger partial charge in [0.05, 0.1) is 6.61 Å².